The van der Waals surface area contributed by atoms with E-state index in [0.717, 1.165) is 30.5 Å². The van der Waals surface area contributed by atoms with Crippen molar-refractivity contribution in [2.24, 2.45) is 4.99 Å². The number of ether oxygens (including phenoxy) is 1. The number of hydrogen-bond acceptors (Lipinski definition) is 5. The molecule has 1 fully saturated rings. The monoisotopic (exact) mass is 437 g/mol. The van der Waals surface area contributed by atoms with E-state index in [1.807, 2.05) is 24.3 Å². The predicted octanol–water partition coefficient (Wildman–Crippen LogP) is 0.766. The van der Waals surface area contributed by atoms with Crippen LogP contribution in [0.25, 0.3) is 0 Å². The highest BCUT2D eigenvalue weighted by Gasteiger charge is 2.25. The number of benzene rings is 1. The summed E-state index contributed by atoms with van der Waals surface area (Å²) in [5, 5.41) is 9.10. The average molecular weight is 438 g/mol. The summed E-state index contributed by atoms with van der Waals surface area (Å²) in [6.45, 7) is 1.76. The molecule has 10 heteroatoms. The molecule has 1 aromatic rings. The van der Waals surface area contributed by atoms with Gasteiger partial charge in [0.1, 0.15) is 0 Å². The highest BCUT2D eigenvalue weighted by atomic mass is 32.2. The zero-order valence-corrected chi connectivity index (χ0v) is 18.1. The summed E-state index contributed by atoms with van der Waals surface area (Å²) < 4.78 is 32.6. The Labute approximate surface area is 178 Å². The van der Waals surface area contributed by atoms with Gasteiger partial charge in [-0.3, -0.25) is 9.79 Å². The summed E-state index contributed by atoms with van der Waals surface area (Å²) in [6.07, 6.45) is 3.35. The van der Waals surface area contributed by atoms with Gasteiger partial charge < -0.3 is 20.7 Å². The fourth-order valence-electron chi connectivity index (χ4n) is 3.69. The van der Waals surface area contributed by atoms with Gasteiger partial charge in [0.05, 0.1) is 11.9 Å². The summed E-state index contributed by atoms with van der Waals surface area (Å²) >= 11 is 0. The second-order valence-corrected chi connectivity index (χ2v) is 9.50. The third-order valence-corrected chi connectivity index (χ3v) is 6.66. The normalized spacial score (nSPS) is 22.2. The first-order valence-electron chi connectivity index (χ1n) is 10.4. The largest absolute Gasteiger partial charge is 0.377 e. The van der Waals surface area contributed by atoms with Crippen LogP contribution in [-0.2, 0) is 19.6 Å². The van der Waals surface area contributed by atoms with Gasteiger partial charge in [-0.1, -0.05) is 18.2 Å². The molecule has 166 valence electrons. The standard InChI is InChI=1S/C20H31N5O4S/c1-21-20(22-9-11-30(27,28)24-14-16-6-4-5-10-29-16)23-13-15-12-19(26)25-18-8-3-2-7-17(15)18/h2-3,7-8,15-16,24H,4-6,9-14H2,1H3,(H,25,26)(H2,21,22,23). The lowest BCUT2D eigenvalue weighted by molar-refractivity contribution is -0.116. The molecule has 30 heavy (non-hydrogen) atoms. The third-order valence-electron chi connectivity index (χ3n) is 5.31. The van der Waals surface area contributed by atoms with Crippen LogP contribution in [0.1, 0.15) is 37.2 Å². The fourth-order valence-corrected chi connectivity index (χ4v) is 4.64. The van der Waals surface area contributed by atoms with Crippen molar-refractivity contribution in [2.75, 3.05) is 44.4 Å². The number of nitrogens with zero attached hydrogens (tertiary/aromatic N) is 1. The van der Waals surface area contributed by atoms with Gasteiger partial charge in [-0.05, 0) is 30.9 Å². The van der Waals surface area contributed by atoms with Crippen molar-refractivity contribution in [2.45, 2.75) is 37.7 Å². The molecule has 0 bridgehead atoms. The van der Waals surface area contributed by atoms with Crippen molar-refractivity contribution in [3.63, 3.8) is 0 Å². The van der Waals surface area contributed by atoms with E-state index in [-0.39, 0.29) is 30.2 Å². The molecule has 3 rings (SSSR count). The first-order valence-corrected chi connectivity index (χ1v) is 12.0. The van der Waals surface area contributed by atoms with Gasteiger partial charge in [0.15, 0.2) is 5.96 Å². The Morgan fingerprint density at radius 2 is 2.07 bits per heavy atom. The lowest BCUT2D eigenvalue weighted by Crippen LogP contribution is -2.44. The van der Waals surface area contributed by atoms with E-state index in [1.165, 1.54) is 0 Å². The number of guanidine groups is 1. The van der Waals surface area contributed by atoms with Crippen LogP contribution in [0.2, 0.25) is 0 Å². The van der Waals surface area contributed by atoms with Crippen LogP contribution in [0.15, 0.2) is 29.3 Å². The average Bonchev–Trinajstić information content (AvgIpc) is 2.75. The SMILES string of the molecule is CN=C(NCCS(=O)(=O)NCC1CCCCO1)NCC1CC(=O)Nc2ccccc21. The molecule has 1 amide bonds. The van der Waals surface area contributed by atoms with Crippen LogP contribution in [0.5, 0.6) is 0 Å². The second-order valence-electron chi connectivity index (χ2n) is 7.57. The number of sulfonamides is 1. The summed E-state index contributed by atoms with van der Waals surface area (Å²) in [4.78, 5) is 16.1. The number of carbonyl (C=O) groups excluding carboxylic acids is 1. The van der Waals surface area contributed by atoms with Gasteiger partial charge in [0.2, 0.25) is 15.9 Å². The number of para-hydroxylation sites is 1. The Kier molecular flexibility index (Phi) is 8.06. The molecule has 2 heterocycles. The molecule has 0 spiro atoms. The molecular formula is C20H31N5O4S. The smallest absolute Gasteiger partial charge is 0.225 e. The Hall–Kier alpha value is -2.17. The number of aliphatic imine (C=N–C) groups is 1. The van der Waals surface area contributed by atoms with Crippen LogP contribution in [-0.4, -0.2) is 65.4 Å². The van der Waals surface area contributed by atoms with Crippen molar-refractivity contribution >= 4 is 27.6 Å². The molecule has 1 aromatic carbocycles. The quantitative estimate of drug-likeness (QED) is 0.352. The van der Waals surface area contributed by atoms with Gasteiger partial charge in [-0.2, -0.15) is 0 Å². The number of amides is 1. The minimum Gasteiger partial charge on any atom is -0.377 e. The molecule has 4 N–H and O–H groups in total. The zero-order chi connectivity index (χ0) is 21.4. The number of nitrogens with one attached hydrogen (secondary N) is 4. The van der Waals surface area contributed by atoms with E-state index in [0.29, 0.717) is 32.1 Å². The summed E-state index contributed by atoms with van der Waals surface area (Å²) in [5.74, 6) is 0.455. The highest BCUT2D eigenvalue weighted by Crippen LogP contribution is 2.31. The minimum absolute atomic E-state index is 0.0115. The van der Waals surface area contributed by atoms with Crippen molar-refractivity contribution in [3.05, 3.63) is 29.8 Å². The number of rotatable bonds is 8. The maximum absolute atomic E-state index is 12.2. The molecule has 2 atom stereocenters. The number of anilines is 1. The first kappa shape index (κ1) is 22.5. The summed E-state index contributed by atoms with van der Waals surface area (Å²) in [7, 11) is -1.77. The van der Waals surface area contributed by atoms with Crippen LogP contribution in [0.3, 0.4) is 0 Å². The molecule has 2 aliphatic rings. The summed E-state index contributed by atoms with van der Waals surface area (Å²) in [6, 6.07) is 7.74. The van der Waals surface area contributed by atoms with Gasteiger partial charge >= 0.3 is 0 Å². The lowest BCUT2D eigenvalue weighted by Gasteiger charge is -2.26. The molecule has 0 aromatic heterocycles. The molecule has 2 aliphatic heterocycles. The zero-order valence-electron chi connectivity index (χ0n) is 17.3. The topological polar surface area (TPSA) is 121 Å². The Morgan fingerprint density at radius 3 is 2.83 bits per heavy atom. The molecule has 9 nitrogen and oxygen atoms in total. The number of hydrogen-bond donors (Lipinski definition) is 4. The third kappa shape index (κ3) is 6.68. The van der Waals surface area contributed by atoms with Crippen LogP contribution >= 0.6 is 0 Å². The van der Waals surface area contributed by atoms with E-state index in [2.05, 4.69) is 25.7 Å². The number of fused-ring (bicyclic) bond motifs is 1. The Bertz CT molecular complexity index is 853. The van der Waals surface area contributed by atoms with Gasteiger partial charge in [0.25, 0.3) is 0 Å². The predicted molar refractivity (Wildman–Crippen MR) is 117 cm³/mol. The lowest BCUT2D eigenvalue weighted by atomic mass is 9.90. The maximum atomic E-state index is 12.2. The van der Waals surface area contributed by atoms with E-state index >= 15 is 0 Å². The van der Waals surface area contributed by atoms with Crippen molar-refractivity contribution < 1.29 is 17.9 Å². The van der Waals surface area contributed by atoms with E-state index < -0.39 is 10.0 Å². The number of carbonyl (C=O) groups is 1. The molecule has 1 saturated heterocycles. The fraction of sp³-hybridized carbons (Fsp3) is 0.600. The van der Waals surface area contributed by atoms with Crippen molar-refractivity contribution in [1.29, 1.82) is 0 Å². The van der Waals surface area contributed by atoms with Gasteiger partial charge in [-0.15, -0.1) is 0 Å². The van der Waals surface area contributed by atoms with E-state index in [9.17, 15) is 13.2 Å². The Balaban J connectivity index is 1.42. The van der Waals surface area contributed by atoms with Crippen LogP contribution in [0.4, 0.5) is 5.69 Å². The van der Waals surface area contributed by atoms with E-state index in [4.69, 9.17) is 4.74 Å². The Morgan fingerprint density at radius 1 is 1.23 bits per heavy atom. The highest BCUT2D eigenvalue weighted by molar-refractivity contribution is 7.89. The van der Waals surface area contributed by atoms with Crippen molar-refractivity contribution in [3.8, 4) is 0 Å². The molecule has 2 unspecified atom stereocenters. The molecule has 0 saturated carbocycles. The maximum Gasteiger partial charge on any atom is 0.225 e. The van der Waals surface area contributed by atoms with Gasteiger partial charge in [0, 0.05) is 51.3 Å². The molecule has 0 aliphatic carbocycles. The second kappa shape index (κ2) is 10.7. The van der Waals surface area contributed by atoms with Gasteiger partial charge in [-0.25, -0.2) is 13.1 Å². The van der Waals surface area contributed by atoms with Crippen LogP contribution < -0.4 is 20.7 Å². The minimum atomic E-state index is -3.40. The van der Waals surface area contributed by atoms with Crippen LogP contribution in [0, 0.1) is 0 Å². The summed E-state index contributed by atoms with van der Waals surface area (Å²) in [5.41, 5.74) is 1.92. The van der Waals surface area contributed by atoms with E-state index in [1.54, 1.807) is 7.05 Å². The first-order chi connectivity index (χ1) is 14.5. The molecular weight excluding hydrogens is 406 g/mol. The molecule has 0 radical (unpaired) electrons. The van der Waals surface area contributed by atoms with Crippen molar-refractivity contribution in [1.82, 2.24) is 15.4 Å².